The lowest BCUT2D eigenvalue weighted by molar-refractivity contribution is -0.121. The van der Waals surface area contributed by atoms with E-state index in [2.05, 4.69) is 10.1 Å². The average Bonchev–Trinajstić information content (AvgIpc) is 3.36. The molecule has 0 unspecified atom stereocenters. The fourth-order valence-corrected chi connectivity index (χ4v) is 3.88. The van der Waals surface area contributed by atoms with Gasteiger partial charge in [0.15, 0.2) is 5.58 Å². The summed E-state index contributed by atoms with van der Waals surface area (Å²) in [5, 5.41) is 2.93. The molecule has 2 aromatic heterocycles. The topological polar surface area (TPSA) is 101 Å². The van der Waals surface area contributed by atoms with Crippen molar-refractivity contribution in [3.63, 3.8) is 0 Å². The minimum absolute atomic E-state index is 0.0613. The number of anilines is 1. The number of rotatable bonds is 3. The van der Waals surface area contributed by atoms with Crippen molar-refractivity contribution in [2.45, 2.75) is 26.2 Å². The van der Waals surface area contributed by atoms with E-state index < -0.39 is 17.4 Å². The number of imide groups is 1. The van der Waals surface area contributed by atoms with E-state index in [9.17, 15) is 14.4 Å². The Labute approximate surface area is 170 Å². The molecule has 30 heavy (non-hydrogen) atoms. The van der Waals surface area contributed by atoms with Crippen molar-refractivity contribution in [1.82, 2.24) is 14.8 Å². The lowest BCUT2D eigenvalue weighted by Gasteiger charge is -2.15. The number of nitrogens with one attached hydrogen (secondary N) is 1. The van der Waals surface area contributed by atoms with Gasteiger partial charge in [-0.25, -0.2) is 0 Å². The van der Waals surface area contributed by atoms with Gasteiger partial charge in [0, 0.05) is 12.1 Å². The zero-order valence-corrected chi connectivity index (χ0v) is 16.4. The molecule has 0 spiro atoms. The summed E-state index contributed by atoms with van der Waals surface area (Å²) in [5.41, 5.74) is 3.00. The van der Waals surface area contributed by atoms with Crippen molar-refractivity contribution in [1.29, 1.82) is 0 Å². The van der Waals surface area contributed by atoms with Gasteiger partial charge in [0.05, 0.1) is 17.2 Å². The first-order valence-electron chi connectivity index (χ1n) is 9.55. The largest absolute Gasteiger partial charge is 0.422 e. The number of hydrogen-bond donors (Lipinski definition) is 1. The van der Waals surface area contributed by atoms with E-state index in [1.54, 1.807) is 31.2 Å². The number of fused-ring (bicyclic) bond motifs is 1. The summed E-state index contributed by atoms with van der Waals surface area (Å²) < 4.78 is 6.85. The molecule has 1 saturated heterocycles. The average molecular weight is 402 g/mol. The Bertz CT molecular complexity index is 1330. The van der Waals surface area contributed by atoms with Gasteiger partial charge in [-0.1, -0.05) is 29.8 Å². The van der Waals surface area contributed by atoms with Gasteiger partial charge in [0.25, 0.3) is 5.56 Å². The number of aryl methyl sites for hydroxylation is 2. The predicted octanol–water partition coefficient (Wildman–Crippen LogP) is 2.97. The fourth-order valence-electron chi connectivity index (χ4n) is 3.88. The summed E-state index contributed by atoms with van der Waals surface area (Å²) in [5.74, 6) is -1.59. The SMILES string of the molecule is Cc1ccc(N2C(=O)C[C@H](c3c(C)[nH]n(-c4nc5ccccc5o4)c3=O)C2=O)cc1. The number of oxazole rings is 1. The summed E-state index contributed by atoms with van der Waals surface area (Å²) in [6, 6.07) is 14.4. The molecule has 2 amide bonds. The van der Waals surface area contributed by atoms with Gasteiger partial charge in [-0.3, -0.25) is 24.4 Å². The van der Waals surface area contributed by atoms with E-state index in [0.29, 0.717) is 22.5 Å². The van der Waals surface area contributed by atoms with Crippen LogP contribution in [0.5, 0.6) is 0 Å². The van der Waals surface area contributed by atoms with Crippen molar-refractivity contribution < 1.29 is 14.0 Å². The first-order chi connectivity index (χ1) is 14.4. The van der Waals surface area contributed by atoms with Crippen LogP contribution in [0.15, 0.2) is 57.7 Å². The highest BCUT2D eigenvalue weighted by Crippen LogP contribution is 2.33. The van der Waals surface area contributed by atoms with E-state index in [1.165, 1.54) is 4.68 Å². The van der Waals surface area contributed by atoms with Gasteiger partial charge in [0.1, 0.15) is 5.52 Å². The maximum absolute atomic E-state index is 13.1. The van der Waals surface area contributed by atoms with Gasteiger partial charge in [-0.05, 0) is 38.1 Å². The molecule has 1 N–H and O–H groups in total. The molecule has 3 heterocycles. The Kier molecular flexibility index (Phi) is 3.95. The van der Waals surface area contributed by atoms with Crippen LogP contribution in [-0.2, 0) is 9.59 Å². The highest BCUT2D eigenvalue weighted by atomic mass is 16.4. The number of aromatic amines is 1. The second kappa shape index (κ2) is 6.55. The van der Waals surface area contributed by atoms with E-state index in [1.807, 2.05) is 31.2 Å². The van der Waals surface area contributed by atoms with Crippen LogP contribution in [0, 0.1) is 13.8 Å². The molecule has 150 valence electrons. The van der Waals surface area contributed by atoms with Crippen molar-refractivity contribution in [2.24, 2.45) is 0 Å². The smallest absolute Gasteiger partial charge is 0.325 e. The number of benzene rings is 2. The molecule has 8 heteroatoms. The lowest BCUT2D eigenvalue weighted by atomic mass is 9.98. The standard InChI is InChI=1S/C22H18N4O4/c1-12-7-9-14(10-8-12)25-18(27)11-15(20(25)28)19-13(2)24-26(21(19)29)22-23-16-5-3-4-6-17(16)30-22/h3-10,15,24H,11H2,1-2H3/t15-/m1/s1. The maximum Gasteiger partial charge on any atom is 0.325 e. The Hall–Kier alpha value is -3.94. The van der Waals surface area contributed by atoms with Gasteiger partial charge < -0.3 is 4.42 Å². The van der Waals surface area contributed by atoms with Crippen LogP contribution in [-0.4, -0.2) is 26.6 Å². The zero-order chi connectivity index (χ0) is 21.0. The Morgan fingerprint density at radius 2 is 1.77 bits per heavy atom. The molecule has 1 fully saturated rings. The molecule has 0 saturated carbocycles. The van der Waals surface area contributed by atoms with Crippen molar-refractivity contribution in [2.75, 3.05) is 4.90 Å². The predicted molar refractivity (Wildman–Crippen MR) is 110 cm³/mol. The van der Waals surface area contributed by atoms with Gasteiger partial charge in [-0.2, -0.15) is 9.67 Å². The van der Waals surface area contributed by atoms with E-state index in [4.69, 9.17) is 4.42 Å². The molecule has 2 aromatic carbocycles. The fraction of sp³-hybridized carbons (Fsp3) is 0.182. The first kappa shape index (κ1) is 18.1. The Balaban J connectivity index is 1.55. The van der Waals surface area contributed by atoms with Gasteiger partial charge >= 0.3 is 6.01 Å². The second-order valence-corrected chi connectivity index (χ2v) is 7.41. The molecule has 8 nitrogen and oxygen atoms in total. The third kappa shape index (κ3) is 2.68. The van der Waals surface area contributed by atoms with Crippen LogP contribution < -0.4 is 10.5 Å². The number of aromatic nitrogens is 3. The lowest BCUT2D eigenvalue weighted by Crippen LogP contribution is -2.31. The van der Waals surface area contributed by atoms with Crippen molar-refractivity contribution >= 4 is 28.6 Å². The van der Waals surface area contributed by atoms with Crippen LogP contribution in [0.1, 0.15) is 29.2 Å². The molecule has 1 atom stereocenters. The van der Waals surface area contributed by atoms with Crippen LogP contribution in [0.25, 0.3) is 17.1 Å². The number of nitrogens with zero attached hydrogens (tertiary/aromatic N) is 3. The monoisotopic (exact) mass is 402 g/mol. The van der Waals surface area contributed by atoms with Crippen LogP contribution in [0.4, 0.5) is 5.69 Å². The maximum atomic E-state index is 13.1. The molecule has 5 rings (SSSR count). The number of para-hydroxylation sites is 2. The number of carbonyl (C=O) groups excluding carboxylic acids is 2. The summed E-state index contributed by atoms with van der Waals surface area (Å²) in [4.78, 5) is 44.4. The van der Waals surface area contributed by atoms with Crippen LogP contribution >= 0.6 is 0 Å². The van der Waals surface area contributed by atoms with Crippen molar-refractivity contribution in [3.8, 4) is 6.01 Å². The molecular formula is C22H18N4O4. The van der Waals surface area contributed by atoms with Gasteiger partial charge in [0.2, 0.25) is 11.8 Å². The molecule has 0 radical (unpaired) electrons. The van der Waals surface area contributed by atoms with E-state index >= 15 is 0 Å². The third-order valence-electron chi connectivity index (χ3n) is 5.38. The number of amides is 2. The van der Waals surface area contributed by atoms with E-state index in [-0.39, 0.29) is 23.9 Å². The first-order valence-corrected chi connectivity index (χ1v) is 9.55. The summed E-state index contributed by atoms with van der Waals surface area (Å²) in [6.45, 7) is 3.63. The summed E-state index contributed by atoms with van der Waals surface area (Å²) in [7, 11) is 0. The zero-order valence-electron chi connectivity index (χ0n) is 16.4. The summed E-state index contributed by atoms with van der Waals surface area (Å²) in [6.07, 6.45) is -0.0613. The highest BCUT2D eigenvalue weighted by molar-refractivity contribution is 6.22. The molecular weight excluding hydrogens is 384 g/mol. The molecule has 1 aliphatic rings. The van der Waals surface area contributed by atoms with Crippen molar-refractivity contribution in [3.05, 3.63) is 75.7 Å². The second-order valence-electron chi connectivity index (χ2n) is 7.41. The van der Waals surface area contributed by atoms with Crippen LogP contribution in [0.2, 0.25) is 0 Å². The minimum Gasteiger partial charge on any atom is -0.422 e. The highest BCUT2D eigenvalue weighted by Gasteiger charge is 2.43. The number of H-pyrrole nitrogens is 1. The molecule has 0 bridgehead atoms. The number of carbonyl (C=O) groups is 2. The number of hydrogen-bond acceptors (Lipinski definition) is 5. The van der Waals surface area contributed by atoms with E-state index in [0.717, 1.165) is 10.5 Å². The molecule has 1 aliphatic heterocycles. The van der Waals surface area contributed by atoms with Gasteiger partial charge in [-0.15, -0.1) is 0 Å². The normalized spacial score (nSPS) is 16.7. The molecule has 4 aromatic rings. The van der Waals surface area contributed by atoms with Crippen LogP contribution in [0.3, 0.4) is 0 Å². The third-order valence-corrected chi connectivity index (χ3v) is 5.38. The molecule has 0 aliphatic carbocycles. The quantitative estimate of drug-likeness (QED) is 0.531. The Morgan fingerprint density at radius 1 is 1.03 bits per heavy atom. The minimum atomic E-state index is -0.854. The summed E-state index contributed by atoms with van der Waals surface area (Å²) >= 11 is 0. The Morgan fingerprint density at radius 3 is 2.50 bits per heavy atom.